The van der Waals surface area contributed by atoms with Crippen LogP contribution in [0, 0.1) is 36.5 Å². The monoisotopic (exact) mass is 263 g/mol. The van der Waals surface area contributed by atoms with Crippen LogP contribution in [0.1, 0.15) is 22.3 Å². The van der Waals surface area contributed by atoms with Crippen molar-refractivity contribution in [2.24, 2.45) is 0 Å². The van der Waals surface area contributed by atoms with Gasteiger partial charge in [-0.3, -0.25) is 0 Å². The van der Waals surface area contributed by atoms with Gasteiger partial charge in [-0.2, -0.15) is 10.5 Å². The molecule has 2 aromatic carbocycles. The van der Waals surface area contributed by atoms with E-state index >= 15 is 0 Å². The van der Waals surface area contributed by atoms with Crippen molar-refractivity contribution in [3.05, 3.63) is 52.6 Å². The molecule has 2 rings (SSSR count). The van der Waals surface area contributed by atoms with Crippen LogP contribution >= 0.6 is 0 Å². The van der Waals surface area contributed by atoms with Gasteiger partial charge < -0.3 is 10.5 Å². The highest BCUT2D eigenvalue weighted by atomic mass is 16.5. The van der Waals surface area contributed by atoms with Crippen molar-refractivity contribution in [3.8, 4) is 23.6 Å². The van der Waals surface area contributed by atoms with Gasteiger partial charge in [-0.05, 0) is 49.2 Å². The maximum atomic E-state index is 8.93. The highest BCUT2D eigenvalue weighted by Crippen LogP contribution is 2.33. The van der Waals surface area contributed by atoms with Crippen LogP contribution in [0.5, 0.6) is 11.5 Å². The molecule has 0 radical (unpaired) electrons. The molecule has 0 saturated heterocycles. The molecule has 0 heterocycles. The number of rotatable bonds is 2. The molecular formula is C16H13N3O. The third-order valence-electron chi connectivity index (χ3n) is 2.94. The average Bonchev–Trinajstić information content (AvgIpc) is 2.44. The van der Waals surface area contributed by atoms with Gasteiger partial charge in [0.1, 0.15) is 5.75 Å². The second-order valence-corrected chi connectivity index (χ2v) is 4.52. The number of anilines is 1. The van der Waals surface area contributed by atoms with Crippen LogP contribution in [0.2, 0.25) is 0 Å². The molecule has 0 aromatic heterocycles. The summed E-state index contributed by atoms with van der Waals surface area (Å²) in [4.78, 5) is 0. The van der Waals surface area contributed by atoms with Gasteiger partial charge in [-0.25, -0.2) is 0 Å². The molecule has 20 heavy (non-hydrogen) atoms. The predicted octanol–water partition coefficient (Wildman–Crippen LogP) is 3.42. The van der Waals surface area contributed by atoms with Gasteiger partial charge in [0, 0.05) is 6.07 Å². The molecule has 2 aromatic rings. The maximum absolute atomic E-state index is 8.93. The minimum atomic E-state index is 0.444. The van der Waals surface area contributed by atoms with Crippen molar-refractivity contribution < 1.29 is 4.74 Å². The molecule has 0 fully saturated rings. The third kappa shape index (κ3) is 2.55. The first-order valence-corrected chi connectivity index (χ1v) is 6.04. The van der Waals surface area contributed by atoms with Gasteiger partial charge in [0.05, 0.1) is 29.0 Å². The summed E-state index contributed by atoms with van der Waals surface area (Å²) >= 11 is 0. The molecule has 0 unspecified atom stereocenters. The van der Waals surface area contributed by atoms with E-state index in [-0.39, 0.29) is 0 Å². The van der Waals surface area contributed by atoms with Crippen LogP contribution in [0.25, 0.3) is 0 Å². The van der Waals surface area contributed by atoms with E-state index < -0.39 is 0 Å². The quantitative estimate of drug-likeness (QED) is 0.841. The van der Waals surface area contributed by atoms with Crippen LogP contribution in [-0.4, -0.2) is 0 Å². The summed E-state index contributed by atoms with van der Waals surface area (Å²) in [7, 11) is 0. The van der Waals surface area contributed by atoms with Gasteiger partial charge in [0.15, 0.2) is 5.75 Å². The van der Waals surface area contributed by atoms with E-state index in [1.54, 1.807) is 30.3 Å². The zero-order valence-corrected chi connectivity index (χ0v) is 11.3. The number of nitrogens with zero attached hydrogens (tertiary/aromatic N) is 2. The smallest absolute Gasteiger partial charge is 0.151 e. The summed E-state index contributed by atoms with van der Waals surface area (Å²) in [6.07, 6.45) is 0. The number of nitrogens with two attached hydrogens (primary N) is 1. The Bertz CT molecular complexity index is 728. The second-order valence-electron chi connectivity index (χ2n) is 4.52. The Morgan fingerprint density at radius 2 is 1.55 bits per heavy atom. The zero-order chi connectivity index (χ0) is 14.7. The van der Waals surface area contributed by atoms with E-state index in [0.29, 0.717) is 28.3 Å². The number of benzene rings is 2. The fourth-order valence-corrected chi connectivity index (χ4v) is 1.98. The predicted molar refractivity (Wildman–Crippen MR) is 76.3 cm³/mol. The lowest BCUT2D eigenvalue weighted by atomic mass is 10.1. The molecule has 2 N–H and O–H groups in total. The van der Waals surface area contributed by atoms with Gasteiger partial charge in [0.25, 0.3) is 0 Å². The van der Waals surface area contributed by atoms with Gasteiger partial charge in [0.2, 0.25) is 0 Å². The Morgan fingerprint density at radius 1 is 0.950 bits per heavy atom. The van der Waals surface area contributed by atoms with E-state index in [1.807, 2.05) is 19.9 Å². The van der Waals surface area contributed by atoms with Crippen LogP contribution in [0.15, 0.2) is 30.3 Å². The second kappa shape index (κ2) is 5.34. The van der Waals surface area contributed by atoms with Crippen molar-refractivity contribution in [2.45, 2.75) is 13.8 Å². The zero-order valence-electron chi connectivity index (χ0n) is 11.3. The number of aryl methyl sites for hydroxylation is 2. The van der Waals surface area contributed by atoms with Gasteiger partial charge in [-0.15, -0.1) is 0 Å². The molecule has 0 aliphatic carbocycles. The van der Waals surface area contributed by atoms with E-state index in [1.165, 1.54) is 0 Å². The standard InChI is InChI=1S/C16H13N3O/c1-10-5-13(9-18)6-11(2)16(10)20-15-7-12(8-17)3-4-14(15)19/h3-7H,19H2,1-2H3. The average molecular weight is 263 g/mol. The van der Waals surface area contributed by atoms with Crippen LogP contribution in [0.3, 0.4) is 0 Å². The van der Waals surface area contributed by atoms with Gasteiger partial charge in [-0.1, -0.05) is 0 Å². The lowest BCUT2D eigenvalue weighted by Crippen LogP contribution is -1.96. The van der Waals surface area contributed by atoms with E-state index in [9.17, 15) is 0 Å². The van der Waals surface area contributed by atoms with Crippen molar-refractivity contribution in [2.75, 3.05) is 5.73 Å². The van der Waals surface area contributed by atoms with Crippen molar-refractivity contribution in [1.82, 2.24) is 0 Å². The summed E-state index contributed by atoms with van der Waals surface area (Å²) in [5.74, 6) is 1.10. The molecule has 0 bridgehead atoms. The molecule has 0 aliphatic rings. The van der Waals surface area contributed by atoms with Crippen LogP contribution in [0.4, 0.5) is 5.69 Å². The Morgan fingerprint density at radius 3 is 2.10 bits per heavy atom. The lowest BCUT2D eigenvalue weighted by Gasteiger charge is -2.14. The highest BCUT2D eigenvalue weighted by molar-refractivity contribution is 5.59. The van der Waals surface area contributed by atoms with E-state index in [2.05, 4.69) is 6.07 Å². The van der Waals surface area contributed by atoms with Crippen LogP contribution in [-0.2, 0) is 0 Å². The third-order valence-corrected chi connectivity index (χ3v) is 2.94. The fraction of sp³-hybridized carbons (Fsp3) is 0.125. The highest BCUT2D eigenvalue weighted by Gasteiger charge is 2.10. The molecule has 0 spiro atoms. The van der Waals surface area contributed by atoms with Crippen molar-refractivity contribution in [1.29, 1.82) is 10.5 Å². The summed E-state index contributed by atoms with van der Waals surface area (Å²) in [6, 6.07) is 12.6. The Labute approximate surface area is 117 Å². The first-order chi connectivity index (χ1) is 9.55. The summed E-state index contributed by atoms with van der Waals surface area (Å²) in [6.45, 7) is 3.74. The van der Waals surface area contributed by atoms with Gasteiger partial charge >= 0.3 is 0 Å². The molecule has 0 atom stereocenters. The first-order valence-electron chi connectivity index (χ1n) is 6.04. The van der Waals surface area contributed by atoms with E-state index in [0.717, 1.165) is 11.1 Å². The maximum Gasteiger partial charge on any atom is 0.151 e. The molecule has 0 amide bonds. The Balaban J connectivity index is 2.46. The molecule has 4 nitrogen and oxygen atoms in total. The van der Waals surface area contributed by atoms with Crippen LogP contribution < -0.4 is 10.5 Å². The summed E-state index contributed by atoms with van der Waals surface area (Å²) in [5, 5.41) is 17.8. The lowest BCUT2D eigenvalue weighted by molar-refractivity contribution is 0.477. The minimum Gasteiger partial charge on any atom is -0.455 e. The first kappa shape index (κ1) is 13.5. The topological polar surface area (TPSA) is 82.8 Å². The SMILES string of the molecule is Cc1cc(C#N)cc(C)c1Oc1cc(C#N)ccc1N. The van der Waals surface area contributed by atoms with Crippen molar-refractivity contribution >= 4 is 5.69 Å². The Hall–Kier alpha value is -2.98. The molecule has 4 heteroatoms. The number of nitriles is 2. The van der Waals surface area contributed by atoms with E-state index in [4.69, 9.17) is 21.0 Å². The van der Waals surface area contributed by atoms with Crippen molar-refractivity contribution in [3.63, 3.8) is 0 Å². The largest absolute Gasteiger partial charge is 0.455 e. The number of hydrogen-bond acceptors (Lipinski definition) is 4. The number of hydrogen-bond donors (Lipinski definition) is 1. The molecular weight excluding hydrogens is 250 g/mol. The molecule has 0 aliphatic heterocycles. The summed E-state index contributed by atoms with van der Waals surface area (Å²) in [5.41, 5.74) is 9.10. The molecule has 98 valence electrons. The molecule has 0 saturated carbocycles. The number of nitrogen functional groups attached to an aromatic ring is 1. The fourth-order valence-electron chi connectivity index (χ4n) is 1.98. The summed E-state index contributed by atoms with van der Waals surface area (Å²) < 4.78 is 5.83. The number of ether oxygens (including phenoxy) is 1. The Kier molecular flexibility index (Phi) is 3.59. The normalized spacial score (nSPS) is 9.60. The minimum absolute atomic E-state index is 0.444.